The molecule has 0 aliphatic carbocycles. The zero-order valence-electron chi connectivity index (χ0n) is 11.8. The van der Waals surface area contributed by atoms with Gasteiger partial charge >= 0.3 is 0 Å². The lowest BCUT2D eigenvalue weighted by molar-refractivity contribution is 0.579. The third-order valence-corrected chi connectivity index (χ3v) is 4.57. The average Bonchev–Trinajstić information content (AvgIpc) is 2.81. The van der Waals surface area contributed by atoms with Crippen LogP contribution in [0.3, 0.4) is 0 Å². The molecule has 0 spiro atoms. The van der Waals surface area contributed by atoms with Crippen molar-refractivity contribution < 1.29 is 12.8 Å². The van der Waals surface area contributed by atoms with Crippen LogP contribution in [0.25, 0.3) is 0 Å². The molecule has 1 heterocycles. The Bertz CT molecular complexity index is 732. The average molecular weight is 312 g/mol. The van der Waals surface area contributed by atoms with Gasteiger partial charge in [-0.3, -0.25) is 0 Å². The van der Waals surface area contributed by atoms with Crippen molar-refractivity contribution in [3.8, 4) is 0 Å². The molecule has 3 N–H and O–H groups in total. The number of nitrogen functional groups attached to an aromatic ring is 1. The minimum atomic E-state index is -3.72. The summed E-state index contributed by atoms with van der Waals surface area (Å²) < 4.78 is 42.0. The quantitative estimate of drug-likeness (QED) is 0.805. The Labute approximate surface area is 122 Å². The Morgan fingerprint density at radius 3 is 2.71 bits per heavy atom. The first-order valence-corrected chi connectivity index (χ1v) is 7.81. The molecule has 0 aliphatic rings. The summed E-state index contributed by atoms with van der Waals surface area (Å²) in [6, 6.07) is 2.38. The molecular weight excluding hydrogens is 295 g/mol. The molecule has 0 fully saturated rings. The normalized spacial score (nSPS) is 11.8. The first-order valence-electron chi connectivity index (χ1n) is 6.33. The van der Waals surface area contributed by atoms with E-state index in [9.17, 15) is 12.8 Å². The third-order valence-electron chi connectivity index (χ3n) is 3.13. The first kappa shape index (κ1) is 15.5. The second-order valence-corrected chi connectivity index (χ2v) is 6.51. The molecule has 0 saturated heterocycles. The summed E-state index contributed by atoms with van der Waals surface area (Å²) in [6.07, 6.45) is 3.89. The van der Waals surface area contributed by atoms with Crippen LogP contribution in [0, 0.1) is 12.7 Å². The van der Waals surface area contributed by atoms with Crippen LogP contribution >= 0.6 is 0 Å². The number of nitrogens with one attached hydrogen (secondary N) is 1. The lowest BCUT2D eigenvalue weighted by Gasteiger charge is -2.09. The van der Waals surface area contributed by atoms with Gasteiger partial charge in [0.05, 0.1) is 10.6 Å². The van der Waals surface area contributed by atoms with Crippen LogP contribution in [0.5, 0.6) is 0 Å². The highest BCUT2D eigenvalue weighted by molar-refractivity contribution is 7.89. The molecule has 8 heteroatoms. The molecule has 0 atom stereocenters. The van der Waals surface area contributed by atoms with Gasteiger partial charge in [-0.05, 0) is 24.6 Å². The third kappa shape index (κ3) is 3.40. The van der Waals surface area contributed by atoms with Crippen LogP contribution < -0.4 is 10.5 Å². The van der Waals surface area contributed by atoms with Gasteiger partial charge in [-0.2, -0.15) is 0 Å². The van der Waals surface area contributed by atoms with Gasteiger partial charge in [0, 0.05) is 32.4 Å². The molecule has 6 nitrogen and oxygen atoms in total. The Kier molecular flexibility index (Phi) is 4.29. The maximum Gasteiger partial charge on any atom is 0.240 e. The fourth-order valence-electron chi connectivity index (χ4n) is 1.94. The SMILES string of the molecule is Cc1cc(S(=O)(=O)NCCc2nccn2C)cc(N)c1F. The topological polar surface area (TPSA) is 90.0 Å². The number of aryl methyl sites for hydroxylation is 2. The van der Waals surface area contributed by atoms with Crippen molar-refractivity contribution in [2.75, 3.05) is 12.3 Å². The molecular formula is C13H17FN4O2S. The molecule has 2 rings (SSSR count). The van der Waals surface area contributed by atoms with Crippen molar-refractivity contribution in [1.29, 1.82) is 0 Å². The highest BCUT2D eigenvalue weighted by Gasteiger charge is 2.17. The Hall–Kier alpha value is -1.93. The van der Waals surface area contributed by atoms with Crippen molar-refractivity contribution >= 4 is 15.7 Å². The predicted molar refractivity (Wildman–Crippen MR) is 77.6 cm³/mol. The van der Waals surface area contributed by atoms with Crippen molar-refractivity contribution in [3.05, 3.63) is 41.7 Å². The van der Waals surface area contributed by atoms with Gasteiger partial charge < -0.3 is 10.3 Å². The van der Waals surface area contributed by atoms with E-state index in [1.807, 2.05) is 11.6 Å². The Morgan fingerprint density at radius 2 is 2.14 bits per heavy atom. The first-order chi connectivity index (χ1) is 9.81. The van der Waals surface area contributed by atoms with E-state index in [1.165, 1.54) is 13.0 Å². The van der Waals surface area contributed by atoms with Crippen LogP contribution in [-0.2, 0) is 23.5 Å². The van der Waals surface area contributed by atoms with E-state index < -0.39 is 15.8 Å². The lowest BCUT2D eigenvalue weighted by atomic mass is 10.2. The fraction of sp³-hybridized carbons (Fsp3) is 0.308. The van der Waals surface area contributed by atoms with E-state index in [1.54, 1.807) is 12.4 Å². The van der Waals surface area contributed by atoms with Crippen molar-refractivity contribution in [2.24, 2.45) is 7.05 Å². The largest absolute Gasteiger partial charge is 0.396 e. The maximum absolute atomic E-state index is 13.4. The maximum atomic E-state index is 13.4. The summed E-state index contributed by atoms with van der Waals surface area (Å²) >= 11 is 0. The van der Waals surface area contributed by atoms with Crippen molar-refractivity contribution in [1.82, 2.24) is 14.3 Å². The molecule has 0 aliphatic heterocycles. The van der Waals surface area contributed by atoms with Gasteiger partial charge in [-0.1, -0.05) is 0 Å². The van der Waals surface area contributed by atoms with Crippen LogP contribution in [0.15, 0.2) is 29.4 Å². The van der Waals surface area contributed by atoms with Crippen LogP contribution in [-0.4, -0.2) is 24.5 Å². The molecule has 2 aromatic rings. The van der Waals surface area contributed by atoms with Crippen LogP contribution in [0.2, 0.25) is 0 Å². The number of anilines is 1. The van der Waals surface area contributed by atoms with E-state index in [0.29, 0.717) is 6.42 Å². The second kappa shape index (κ2) is 5.82. The molecule has 0 bridgehead atoms. The number of aromatic nitrogens is 2. The minimum Gasteiger partial charge on any atom is -0.396 e. The summed E-state index contributed by atoms with van der Waals surface area (Å²) in [4.78, 5) is 4.06. The lowest BCUT2D eigenvalue weighted by Crippen LogP contribution is -2.27. The Morgan fingerprint density at radius 1 is 1.43 bits per heavy atom. The van der Waals surface area contributed by atoms with Crippen molar-refractivity contribution in [3.63, 3.8) is 0 Å². The summed E-state index contributed by atoms with van der Waals surface area (Å²) in [5.41, 5.74) is 5.48. The number of benzene rings is 1. The number of halogens is 1. The molecule has 1 aromatic carbocycles. The van der Waals surface area contributed by atoms with Gasteiger partial charge in [0.25, 0.3) is 0 Å². The summed E-state index contributed by atoms with van der Waals surface area (Å²) in [5, 5.41) is 0. The summed E-state index contributed by atoms with van der Waals surface area (Å²) in [5.74, 6) is 0.175. The minimum absolute atomic E-state index is 0.0428. The number of nitrogens with zero attached hydrogens (tertiary/aromatic N) is 2. The van der Waals surface area contributed by atoms with Gasteiger partial charge in [-0.15, -0.1) is 0 Å². The van der Waals surface area contributed by atoms with E-state index in [0.717, 1.165) is 11.9 Å². The monoisotopic (exact) mass is 312 g/mol. The van der Waals surface area contributed by atoms with Crippen molar-refractivity contribution in [2.45, 2.75) is 18.2 Å². The number of hydrogen-bond acceptors (Lipinski definition) is 4. The van der Waals surface area contributed by atoms with E-state index >= 15 is 0 Å². The number of rotatable bonds is 5. The highest BCUT2D eigenvalue weighted by Crippen LogP contribution is 2.20. The van der Waals surface area contributed by atoms with Gasteiger partial charge in [0.2, 0.25) is 10.0 Å². The number of hydrogen-bond donors (Lipinski definition) is 2. The number of sulfonamides is 1. The van der Waals surface area contributed by atoms with Crippen LogP contribution in [0.1, 0.15) is 11.4 Å². The molecule has 21 heavy (non-hydrogen) atoms. The molecule has 1 aromatic heterocycles. The zero-order chi connectivity index (χ0) is 15.6. The standard InChI is InChI=1S/C13H17FN4O2S/c1-9-7-10(8-11(15)13(9)14)21(19,20)17-4-3-12-16-5-6-18(12)2/h5-8,17H,3-4,15H2,1-2H3. The molecule has 114 valence electrons. The molecule has 0 amide bonds. The van der Waals surface area contributed by atoms with E-state index in [2.05, 4.69) is 9.71 Å². The van der Waals surface area contributed by atoms with Gasteiger partial charge in [0.15, 0.2) is 0 Å². The number of nitrogens with two attached hydrogens (primary N) is 1. The summed E-state index contributed by atoms with van der Waals surface area (Å²) in [7, 11) is -1.89. The van der Waals surface area contributed by atoms with Crippen LogP contribution in [0.4, 0.5) is 10.1 Å². The second-order valence-electron chi connectivity index (χ2n) is 4.75. The summed E-state index contributed by atoms with van der Waals surface area (Å²) in [6.45, 7) is 1.67. The smallest absolute Gasteiger partial charge is 0.240 e. The number of imidazole rings is 1. The molecule has 0 saturated carbocycles. The Balaban J connectivity index is 2.10. The predicted octanol–water partition coefficient (Wildman–Crippen LogP) is 0.971. The molecule has 0 radical (unpaired) electrons. The highest BCUT2D eigenvalue weighted by atomic mass is 32.2. The van der Waals surface area contributed by atoms with Gasteiger partial charge in [-0.25, -0.2) is 22.5 Å². The fourth-order valence-corrected chi connectivity index (χ4v) is 3.09. The van der Waals surface area contributed by atoms with E-state index in [-0.39, 0.29) is 22.7 Å². The zero-order valence-corrected chi connectivity index (χ0v) is 12.6. The van der Waals surface area contributed by atoms with E-state index in [4.69, 9.17) is 5.73 Å². The van der Waals surface area contributed by atoms with Gasteiger partial charge in [0.1, 0.15) is 11.6 Å². The molecule has 0 unspecified atom stereocenters.